The molecule has 0 bridgehead atoms. The van der Waals surface area contributed by atoms with Crippen molar-refractivity contribution in [1.29, 1.82) is 0 Å². The second-order valence-corrected chi connectivity index (χ2v) is 7.42. The van der Waals surface area contributed by atoms with Gasteiger partial charge >= 0.3 is 0 Å². The van der Waals surface area contributed by atoms with Crippen LogP contribution in [0.5, 0.6) is 0 Å². The molecular weight excluding hydrogens is 298 g/mol. The minimum atomic E-state index is 0.283. The van der Waals surface area contributed by atoms with E-state index >= 15 is 0 Å². The number of benzene rings is 1. The summed E-state index contributed by atoms with van der Waals surface area (Å²) in [4.78, 5) is 17.2. The minimum Gasteiger partial charge on any atom is -0.341 e. The number of carbonyl (C=O) groups is 1. The van der Waals surface area contributed by atoms with E-state index in [1.165, 1.54) is 27.7 Å². The molecule has 1 aromatic heterocycles. The summed E-state index contributed by atoms with van der Waals surface area (Å²) < 4.78 is 2.31. The predicted molar refractivity (Wildman–Crippen MR) is 97.4 cm³/mol. The molecule has 4 heteroatoms. The average molecular weight is 325 g/mol. The molecule has 0 N–H and O–H groups in total. The number of hydrogen-bond donors (Lipinski definition) is 0. The maximum absolute atomic E-state index is 12.8. The van der Waals surface area contributed by atoms with E-state index < -0.39 is 0 Å². The average Bonchev–Trinajstić information content (AvgIpc) is 3.13. The minimum absolute atomic E-state index is 0.283. The molecule has 1 saturated heterocycles. The van der Waals surface area contributed by atoms with Gasteiger partial charge < -0.3 is 14.4 Å². The van der Waals surface area contributed by atoms with Crippen molar-refractivity contribution in [3.63, 3.8) is 0 Å². The van der Waals surface area contributed by atoms with Crippen molar-refractivity contribution in [2.45, 2.75) is 39.2 Å². The van der Waals surface area contributed by atoms with Crippen LogP contribution in [0.2, 0.25) is 0 Å². The maximum Gasteiger partial charge on any atom is 0.242 e. The molecule has 0 saturated carbocycles. The van der Waals surface area contributed by atoms with Crippen molar-refractivity contribution >= 4 is 16.8 Å². The van der Waals surface area contributed by atoms with Crippen LogP contribution in [0.15, 0.2) is 18.2 Å². The Hall–Kier alpha value is -1.81. The van der Waals surface area contributed by atoms with Crippen LogP contribution < -0.4 is 0 Å². The lowest BCUT2D eigenvalue weighted by molar-refractivity contribution is -0.130. The lowest BCUT2D eigenvalue weighted by Gasteiger charge is -2.18. The van der Waals surface area contributed by atoms with Crippen LogP contribution in [0.25, 0.3) is 10.9 Å². The van der Waals surface area contributed by atoms with Crippen LogP contribution in [0, 0.1) is 6.92 Å². The summed E-state index contributed by atoms with van der Waals surface area (Å²) in [6, 6.07) is 6.68. The van der Waals surface area contributed by atoms with Gasteiger partial charge in [0.15, 0.2) is 0 Å². The van der Waals surface area contributed by atoms with Crippen molar-refractivity contribution in [3.8, 4) is 0 Å². The lowest BCUT2D eigenvalue weighted by Crippen LogP contribution is -2.31. The maximum atomic E-state index is 12.8. The molecule has 0 unspecified atom stereocenters. The third-order valence-electron chi connectivity index (χ3n) is 5.67. The normalized spacial score (nSPS) is 18.8. The number of aryl methyl sites for hydroxylation is 1. The topological polar surface area (TPSA) is 28.5 Å². The van der Waals surface area contributed by atoms with E-state index in [1.54, 1.807) is 0 Å². The van der Waals surface area contributed by atoms with E-state index in [-0.39, 0.29) is 5.91 Å². The molecule has 24 heavy (non-hydrogen) atoms. The van der Waals surface area contributed by atoms with Gasteiger partial charge in [-0.25, -0.2) is 0 Å². The highest BCUT2D eigenvalue weighted by atomic mass is 16.2. The van der Waals surface area contributed by atoms with Crippen LogP contribution in [0.4, 0.5) is 0 Å². The van der Waals surface area contributed by atoms with Gasteiger partial charge in [0.1, 0.15) is 6.54 Å². The Balaban J connectivity index is 1.77. The van der Waals surface area contributed by atoms with Crippen molar-refractivity contribution in [2.24, 2.45) is 0 Å². The molecular formula is C20H27N3O. The Morgan fingerprint density at radius 1 is 1.08 bits per heavy atom. The summed E-state index contributed by atoms with van der Waals surface area (Å²) >= 11 is 0. The number of nitrogens with zero attached hydrogens (tertiary/aromatic N) is 3. The van der Waals surface area contributed by atoms with Gasteiger partial charge in [-0.2, -0.15) is 0 Å². The van der Waals surface area contributed by atoms with Crippen LogP contribution in [-0.2, 0) is 24.2 Å². The molecule has 0 atom stereocenters. The van der Waals surface area contributed by atoms with Crippen LogP contribution in [0.1, 0.15) is 29.7 Å². The zero-order valence-corrected chi connectivity index (χ0v) is 14.8. The van der Waals surface area contributed by atoms with Crippen molar-refractivity contribution in [2.75, 3.05) is 33.2 Å². The van der Waals surface area contributed by atoms with Gasteiger partial charge in [-0.3, -0.25) is 4.79 Å². The number of carbonyl (C=O) groups excluding carboxylic acids is 1. The molecule has 2 aliphatic rings. The summed E-state index contributed by atoms with van der Waals surface area (Å²) in [5.41, 5.74) is 5.38. The molecule has 2 aliphatic heterocycles. The quantitative estimate of drug-likeness (QED) is 0.849. The molecule has 0 spiro atoms. The second-order valence-electron chi connectivity index (χ2n) is 7.42. The summed E-state index contributed by atoms with van der Waals surface area (Å²) in [5.74, 6) is 0.283. The third-order valence-corrected chi connectivity index (χ3v) is 5.67. The molecule has 3 heterocycles. The van der Waals surface area contributed by atoms with E-state index in [1.807, 2.05) is 4.90 Å². The molecule has 1 fully saturated rings. The van der Waals surface area contributed by atoms with E-state index in [0.717, 1.165) is 51.9 Å². The first-order chi connectivity index (χ1) is 11.6. The Labute approximate surface area is 144 Å². The zero-order valence-electron chi connectivity index (χ0n) is 14.8. The van der Waals surface area contributed by atoms with E-state index in [2.05, 4.69) is 41.6 Å². The van der Waals surface area contributed by atoms with Gasteiger partial charge in [0.05, 0.1) is 0 Å². The SMILES string of the molecule is Cc1ccc2c(c1)c1c(n2CC(=O)N2CCCC2)CCN(C)CC1. The smallest absolute Gasteiger partial charge is 0.242 e. The Bertz CT molecular complexity index is 771. The molecule has 0 radical (unpaired) electrons. The predicted octanol–water partition coefficient (Wildman–Crippen LogP) is 2.60. The van der Waals surface area contributed by atoms with E-state index in [4.69, 9.17) is 0 Å². The Morgan fingerprint density at radius 2 is 1.83 bits per heavy atom. The summed E-state index contributed by atoms with van der Waals surface area (Å²) in [7, 11) is 2.19. The molecule has 4 rings (SSSR count). The first-order valence-corrected chi connectivity index (χ1v) is 9.20. The molecule has 128 valence electrons. The van der Waals surface area contributed by atoms with Gasteiger partial charge in [-0.15, -0.1) is 0 Å². The third kappa shape index (κ3) is 2.73. The summed E-state index contributed by atoms with van der Waals surface area (Å²) in [6.45, 7) is 6.68. The summed E-state index contributed by atoms with van der Waals surface area (Å²) in [5, 5.41) is 1.36. The molecule has 1 amide bonds. The number of amides is 1. The van der Waals surface area contributed by atoms with Crippen LogP contribution in [-0.4, -0.2) is 53.5 Å². The van der Waals surface area contributed by atoms with Crippen molar-refractivity contribution < 1.29 is 4.79 Å². The molecule has 0 aliphatic carbocycles. The van der Waals surface area contributed by atoms with Crippen molar-refractivity contribution in [3.05, 3.63) is 35.0 Å². The molecule has 1 aromatic carbocycles. The largest absolute Gasteiger partial charge is 0.341 e. The first kappa shape index (κ1) is 15.7. The first-order valence-electron chi connectivity index (χ1n) is 9.20. The fraction of sp³-hybridized carbons (Fsp3) is 0.550. The van der Waals surface area contributed by atoms with E-state index in [9.17, 15) is 4.79 Å². The lowest BCUT2D eigenvalue weighted by atomic mass is 10.1. The number of likely N-dealkylation sites (tertiary alicyclic amines) is 1. The molecule has 2 aromatic rings. The highest BCUT2D eigenvalue weighted by molar-refractivity contribution is 5.88. The standard InChI is InChI=1S/C20H27N3O/c1-15-5-6-18-17(13-15)16-7-11-21(2)12-8-19(16)23(18)14-20(24)22-9-3-4-10-22/h5-6,13H,3-4,7-12,14H2,1-2H3. The monoisotopic (exact) mass is 325 g/mol. The fourth-order valence-corrected chi connectivity index (χ4v) is 4.25. The Kier molecular flexibility index (Phi) is 4.09. The zero-order chi connectivity index (χ0) is 16.7. The van der Waals surface area contributed by atoms with Crippen LogP contribution >= 0.6 is 0 Å². The Morgan fingerprint density at radius 3 is 2.62 bits per heavy atom. The number of fused-ring (bicyclic) bond motifs is 3. The number of aromatic nitrogens is 1. The molecule has 4 nitrogen and oxygen atoms in total. The van der Waals surface area contributed by atoms with Gasteiger partial charge in [0.25, 0.3) is 0 Å². The fourth-order valence-electron chi connectivity index (χ4n) is 4.25. The number of rotatable bonds is 2. The van der Waals surface area contributed by atoms with Crippen LogP contribution in [0.3, 0.4) is 0 Å². The highest BCUT2D eigenvalue weighted by Gasteiger charge is 2.24. The van der Waals surface area contributed by atoms with Crippen molar-refractivity contribution in [1.82, 2.24) is 14.4 Å². The second kappa shape index (κ2) is 6.25. The van der Waals surface area contributed by atoms with E-state index in [0.29, 0.717) is 6.54 Å². The van der Waals surface area contributed by atoms with Gasteiger partial charge in [0, 0.05) is 49.2 Å². The number of likely N-dealkylation sites (N-methyl/N-ethyl adjacent to an activating group) is 1. The van der Waals surface area contributed by atoms with Gasteiger partial charge in [-0.05, 0) is 50.9 Å². The highest BCUT2D eigenvalue weighted by Crippen LogP contribution is 2.30. The van der Waals surface area contributed by atoms with Gasteiger partial charge in [-0.1, -0.05) is 11.6 Å². The van der Waals surface area contributed by atoms with Gasteiger partial charge in [0.2, 0.25) is 5.91 Å². The summed E-state index contributed by atoms with van der Waals surface area (Å²) in [6.07, 6.45) is 4.42. The number of hydrogen-bond acceptors (Lipinski definition) is 2.